The smallest absolute Gasteiger partial charge is 0.294 e. The molecular formula is C31H46N4O7. The summed E-state index contributed by atoms with van der Waals surface area (Å²) in [6.45, 7) is 7.43. The van der Waals surface area contributed by atoms with Crippen molar-refractivity contribution in [2.75, 3.05) is 55.1 Å². The summed E-state index contributed by atoms with van der Waals surface area (Å²) in [7, 11) is 8.96. The zero-order valence-corrected chi connectivity index (χ0v) is 26.2. The van der Waals surface area contributed by atoms with Gasteiger partial charge in [-0.25, -0.2) is 0 Å². The molecule has 0 aliphatic heterocycles. The van der Waals surface area contributed by atoms with E-state index in [0.29, 0.717) is 29.5 Å². The van der Waals surface area contributed by atoms with Gasteiger partial charge in [-0.15, -0.1) is 10.1 Å². The number of likely N-dealkylation sites (N-methyl/N-ethyl adjacent to an activating group) is 2. The van der Waals surface area contributed by atoms with Gasteiger partial charge in [-0.2, -0.15) is 5.26 Å². The highest BCUT2D eigenvalue weighted by Gasteiger charge is 2.30. The van der Waals surface area contributed by atoms with Gasteiger partial charge < -0.3 is 28.7 Å². The van der Waals surface area contributed by atoms with Crippen LogP contribution in [0.15, 0.2) is 36.4 Å². The van der Waals surface area contributed by atoms with Gasteiger partial charge in [-0.1, -0.05) is 32.9 Å². The Labute approximate surface area is 250 Å². The maximum atomic E-state index is 11.0. The van der Waals surface area contributed by atoms with Crippen LogP contribution in [0.2, 0.25) is 0 Å². The van der Waals surface area contributed by atoms with E-state index >= 15 is 0 Å². The van der Waals surface area contributed by atoms with E-state index in [1.165, 1.54) is 0 Å². The Morgan fingerprint density at radius 1 is 0.976 bits per heavy atom. The van der Waals surface area contributed by atoms with Gasteiger partial charge in [0, 0.05) is 19.1 Å². The molecule has 0 saturated heterocycles. The third kappa shape index (κ3) is 10.6. The second-order valence-corrected chi connectivity index (χ2v) is 10.9. The van der Waals surface area contributed by atoms with Crippen molar-refractivity contribution in [2.24, 2.45) is 5.92 Å². The first-order valence-electron chi connectivity index (χ1n) is 14.2. The molecule has 0 saturated carbocycles. The lowest BCUT2D eigenvalue weighted by Crippen LogP contribution is -2.47. The summed E-state index contributed by atoms with van der Waals surface area (Å²) in [5.41, 5.74) is 1.91. The summed E-state index contributed by atoms with van der Waals surface area (Å²) in [5, 5.41) is 19.5. The van der Waals surface area contributed by atoms with Gasteiger partial charge in [0.25, 0.3) is 5.09 Å². The van der Waals surface area contributed by atoms with E-state index < -0.39 is 11.2 Å². The van der Waals surface area contributed by atoms with Crippen LogP contribution in [0.25, 0.3) is 0 Å². The van der Waals surface area contributed by atoms with Gasteiger partial charge in [0.2, 0.25) is 0 Å². The van der Waals surface area contributed by atoms with E-state index in [1.807, 2.05) is 30.3 Å². The normalized spacial score (nSPS) is 13.4. The highest BCUT2D eigenvalue weighted by molar-refractivity contribution is 5.44. The predicted molar refractivity (Wildman–Crippen MR) is 161 cm³/mol. The molecule has 0 heterocycles. The molecule has 42 heavy (non-hydrogen) atoms. The Morgan fingerprint density at radius 2 is 1.62 bits per heavy atom. The first-order chi connectivity index (χ1) is 20.0. The average Bonchev–Trinajstić information content (AvgIpc) is 2.94. The van der Waals surface area contributed by atoms with Crippen molar-refractivity contribution in [1.82, 2.24) is 9.80 Å². The Balaban J connectivity index is 2.26. The number of nitrogens with zero attached hydrogens (tertiary/aromatic N) is 4. The molecule has 2 rings (SSSR count). The minimum atomic E-state index is -0.806. The topological polar surface area (TPSA) is 120 Å². The Morgan fingerprint density at radius 3 is 2.19 bits per heavy atom. The highest BCUT2D eigenvalue weighted by Crippen LogP contribution is 2.33. The largest absolute Gasteiger partial charge is 0.493 e. The average molecular weight is 587 g/mol. The maximum Gasteiger partial charge on any atom is 0.294 e. The first kappa shape index (κ1) is 34.5. The van der Waals surface area contributed by atoms with Crippen LogP contribution < -0.4 is 18.9 Å². The molecule has 232 valence electrons. The van der Waals surface area contributed by atoms with Crippen molar-refractivity contribution >= 4 is 0 Å². The molecule has 0 radical (unpaired) electrons. The van der Waals surface area contributed by atoms with Gasteiger partial charge in [0.15, 0.2) is 29.1 Å². The predicted octanol–water partition coefficient (Wildman–Crippen LogP) is 4.64. The lowest BCUT2D eigenvalue weighted by Gasteiger charge is -2.37. The summed E-state index contributed by atoms with van der Waals surface area (Å²) in [4.78, 5) is 20.0. The summed E-state index contributed by atoms with van der Waals surface area (Å²) in [6.07, 6.45) is 0.902. The second kappa shape index (κ2) is 17.3. The number of nitriles is 1. The van der Waals surface area contributed by atoms with E-state index in [4.69, 9.17) is 23.8 Å². The molecule has 2 aromatic carbocycles. The molecular weight excluding hydrogens is 540 g/mol. The van der Waals surface area contributed by atoms with Gasteiger partial charge in [-0.3, -0.25) is 4.90 Å². The third-order valence-corrected chi connectivity index (χ3v) is 7.00. The Bertz CT molecular complexity index is 1170. The lowest BCUT2D eigenvalue weighted by atomic mass is 9.95. The van der Waals surface area contributed by atoms with Gasteiger partial charge in [-0.05, 0) is 75.3 Å². The third-order valence-electron chi connectivity index (χ3n) is 7.00. The highest BCUT2D eigenvalue weighted by atomic mass is 17.0. The van der Waals surface area contributed by atoms with E-state index in [0.717, 1.165) is 30.5 Å². The van der Waals surface area contributed by atoms with Gasteiger partial charge in [0.05, 0.1) is 26.7 Å². The van der Waals surface area contributed by atoms with Crippen LogP contribution in [0.1, 0.15) is 38.3 Å². The van der Waals surface area contributed by atoms with Crippen molar-refractivity contribution < 1.29 is 28.9 Å². The summed E-state index contributed by atoms with van der Waals surface area (Å²) in [6, 6.07) is 13.6. The molecule has 11 nitrogen and oxygen atoms in total. The number of rotatable bonds is 19. The summed E-state index contributed by atoms with van der Waals surface area (Å²) < 4.78 is 23.5. The quantitative estimate of drug-likeness (QED) is 0.170. The van der Waals surface area contributed by atoms with Crippen molar-refractivity contribution in [1.29, 1.82) is 5.26 Å². The lowest BCUT2D eigenvalue weighted by molar-refractivity contribution is -0.768. The minimum absolute atomic E-state index is 0.0553. The molecule has 3 atom stereocenters. The number of hydrogen-bond acceptors (Lipinski definition) is 10. The van der Waals surface area contributed by atoms with Crippen molar-refractivity contribution in [2.45, 2.75) is 58.3 Å². The molecule has 0 spiro atoms. The number of methoxy groups -OCH3 is 2. The van der Waals surface area contributed by atoms with E-state index in [2.05, 4.69) is 38.8 Å². The van der Waals surface area contributed by atoms with Crippen LogP contribution in [0.5, 0.6) is 23.0 Å². The minimum Gasteiger partial charge on any atom is -0.493 e. The maximum absolute atomic E-state index is 11.0. The van der Waals surface area contributed by atoms with Crippen molar-refractivity contribution in [3.05, 3.63) is 57.6 Å². The second-order valence-electron chi connectivity index (χ2n) is 10.9. The van der Waals surface area contributed by atoms with E-state index in [1.54, 1.807) is 39.3 Å². The molecule has 0 fully saturated rings. The molecule has 11 heteroatoms. The molecule has 0 N–H and O–H groups in total. The number of ether oxygens (including phenoxy) is 4. The monoisotopic (exact) mass is 586 g/mol. The summed E-state index contributed by atoms with van der Waals surface area (Å²) >= 11 is 0. The molecule has 0 amide bonds. The fourth-order valence-corrected chi connectivity index (χ4v) is 4.90. The summed E-state index contributed by atoms with van der Waals surface area (Å²) in [5.74, 6) is 2.52. The standard InChI is InChI=1S/C31H46N4O7/c1-9-26(34(6)17-15-24-10-12-27(38-7)29(18-24)39-8)31(22(2)3)41-28-13-11-23(14-16-32)19-30(28)40-21-25(20-33(4)5)42-35(36)37/h10-13,18-19,22,25-26,31H,9,14-15,17,20-21H2,1-8H3. The fraction of sp³-hybridized carbons (Fsp3) is 0.581. The first-order valence-corrected chi connectivity index (χ1v) is 14.2. The van der Waals surface area contributed by atoms with Crippen LogP contribution >= 0.6 is 0 Å². The molecule has 0 aromatic heterocycles. The SMILES string of the molecule is CCC(C(Oc1ccc(CC#N)cc1OCC(CN(C)C)O[N+](=O)[O-])C(C)C)N(C)CCc1ccc(OC)c(OC)c1. The zero-order chi connectivity index (χ0) is 31.2. The molecule has 3 unspecified atom stereocenters. The van der Waals surface area contributed by atoms with Gasteiger partial charge >= 0.3 is 0 Å². The van der Waals surface area contributed by atoms with Crippen molar-refractivity contribution in [3.63, 3.8) is 0 Å². The van der Waals surface area contributed by atoms with Crippen LogP contribution in [-0.2, 0) is 17.7 Å². The fourth-order valence-electron chi connectivity index (χ4n) is 4.90. The molecule has 0 aliphatic rings. The van der Waals surface area contributed by atoms with Gasteiger partial charge in [0.1, 0.15) is 12.7 Å². The zero-order valence-electron chi connectivity index (χ0n) is 26.2. The Kier molecular flexibility index (Phi) is 14.2. The van der Waals surface area contributed by atoms with E-state index in [9.17, 15) is 15.4 Å². The van der Waals surface area contributed by atoms with Crippen LogP contribution in [-0.4, -0.2) is 88.2 Å². The number of benzene rings is 2. The van der Waals surface area contributed by atoms with Crippen LogP contribution in [0.4, 0.5) is 0 Å². The molecule has 0 aliphatic carbocycles. The molecule has 2 aromatic rings. The number of hydrogen-bond donors (Lipinski definition) is 0. The van der Waals surface area contributed by atoms with Crippen molar-refractivity contribution in [3.8, 4) is 29.1 Å². The Hall–Kier alpha value is -3.75. The van der Waals surface area contributed by atoms with Crippen LogP contribution in [0.3, 0.4) is 0 Å². The molecule has 0 bridgehead atoms. The van der Waals surface area contributed by atoms with E-state index in [-0.39, 0.29) is 31.1 Å². The van der Waals surface area contributed by atoms with Crippen LogP contribution in [0, 0.1) is 27.4 Å².